The number of nitrogens with zero attached hydrogens (tertiary/aromatic N) is 1. The second kappa shape index (κ2) is 3.88. The Labute approximate surface area is 94.9 Å². The van der Waals surface area contributed by atoms with Gasteiger partial charge in [-0.15, -0.1) is 0 Å². The predicted octanol–water partition coefficient (Wildman–Crippen LogP) is 4.59. The third-order valence-corrected chi connectivity index (χ3v) is 6.40. The zero-order valence-corrected chi connectivity index (χ0v) is 11.2. The molecule has 13 heavy (non-hydrogen) atoms. The number of halogens is 3. The first kappa shape index (κ1) is 9.96. The van der Waals surface area contributed by atoms with Gasteiger partial charge < -0.3 is 0 Å². The average Bonchev–Trinajstić information content (AvgIpc) is 2.42. The van der Waals surface area contributed by atoms with E-state index in [0.717, 1.165) is 14.1 Å². The predicted molar refractivity (Wildman–Crippen MR) is 68.8 cm³/mol. The van der Waals surface area contributed by atoms with E-state index in [4.69, 9.17) is 17.8 Å². The zero-order valence-electron chi connectivity index (χ0n) is 6.72. The molecule has 0 aliphatic carbocycles. The molecule has 0 amide bonds. The molecule has 0 saturated heterocycles. The second-order valence-electron chi connectivity index (χ2n) is 2.54. The molecule has 0 saturated carbocycles. The molecule has 2 aromatic rings. The van der Waals surface area contributed by atoms with Crippen molar-refractivity contribution in [3.63, 3.8) is 0 Å². The van der Waals surface area contributed by atoms with Gasteiger partial charge in [-0.1, -0.05) is 0 Å². The fraction of sp³-hybridized carbons (Fsp3) is 0.125. The van der Waals surface area contributed by atoms with Crippen LogP contribution in [-0.4, -0.2) is 4.98 Å². The summed E-state index contributed by atoms with van der Waals surface area (Å²) in [7, 11) is 11.8. The first-order valence-corrected chi connectivity index (χ1v) is 10.9. The molecule has 0 bridgehead atoms. The third-order valence-electron chi connectivity index (χ3n) is 1.62. The molecule has 1 aromatic carbocycles. The van der Waals surface area contributed by atoms with Gasteiger partial charge in [0.2, 0.25) is 0 Å². The normalized spacial score (nSPS) is 12.1. The van der Waals surface area contributed by atoms with E-state index in [1.54, 1.807) is 11.3 Å². The zero-order chi connectivity index (χ0) is 9.42. The van der Waals surface area contributed by atoms with Crippen molar-refractivity contribution in [3.8, 4) is 0 Å². The molecule has 0 fully saturated rings. The summed E-state index contributed by atoms with van der Waals surface area (Å²) in [5, 5.41) is 1.08. The van der Waals surface area contributed by atoms with Crippen molar-refractivity contribution in [1.82, 2.24) is 4.98 Å². The van der Waals surface area contributed by atoms with E-state index in [9.17, 15) is 0 Å². The van der Waals surface area contributed by atoms with Crippen LogP contribution >= 0.6 is 46.7 Å². The van der Waals surface area contributed by atoms with Crippen molar-refractivity contribution in [2.45, 2.75) is 6.92 Å². The molecule has 0 spiro atoms. The molecule has 70 valence electrons. The number of hydrogen-bond donors (Lipinski definition) is 0. The number of thiazole rings is 1. The molecular formula is C8H6Cl2INS. The van der Waals surface area contributed by atoms with Crippen molar-refractivity contribution in [2.75, 3.05) is 0 Å². The van der Waals surface area contributed by atoms with Crippen LogP contribution in [0.1, 0.15) is 5.01 Å². The quantitative estimate of drug-likeness (QED) is 0.689. The van der Waals surface area contributed by atoms with Crippen LogP contribution in [0.4, 0.5) is 0 Å². The summed E-state index contributed by atoms with van der Waals surface area (Å²) in [6, 6.07) is 6.05. The van der Waals surface area contributed by atoms with E-state index in [1.165, 1.54) is 4.70 Å². The molecule has 0 atom stereocenters. The maximum atomic E-state index is 5.91. The van der Waals surface area contributed by atoms with Gasteiger partial charge in [0.1, 0.15) is 0 Å². The van der Waals surface area contributed by atoms with Crippen molar-refractivity contribution >= 4 is 56.9 Å². The number of fused-ring (bicyclic) bond motifs is 1. The van der Waals surface area contributed by atoms with Gasteiger partial charge in [-0.25, -0.2) is 0 Å². The number of aryl methyl sites for hydroxylation is 1. The molecule has 0 unspecified atom stereocenters. The monoisotopic (exact) mass is 345 g/mol. The Balaban J connectivity index is 2.61. The summed E-state index contributed by atoms with van der Waals surface area (Å²) in [5.74, 6) is 0. The van der Waals surface area contributed by atoms with Crippen LogP contribution in [-0.2, 0) is 0 Å². The van der Waals surface area contributed by atoms with Gasteiger partial charge in [-0.3, -0.25) is 0 Å². The van der Waals surface area contributed by atoms with E-state index in [-0.39, 0.29) is 0 Å². The van der Waals surface area contributed by atoms with Crippen molar-refractivity contribution in [1.29, 1.82) is 0 Å². The Bertz CT molecular complexity index is 441. The van der Waals surface area contributed by atoms with Crippen LogP contribution in [0.25, 0.3) is 10.2 Å². The molecular weight excluding hydrogens is 340 g/mol. The van der Waals surface area contributed by atoms with Crippen LogP contribution in [0.5, 0.6) is 0 Å². The molecule has 0 N–H and O–H groups in total. The Hall–Kier alpha value is 0.420. The molecule has 2 rings (SSSR count). The van der Waals surface area contributed by atoms with Crippen LogP contribution in [0.15, 0.2) is 18.2 Å². The summed E-state index contributed by atoms with van der Waals surface area (Å²) >= 11 is -0.186. The average molecular weight is 346 g/mol. The van der Waals surface area contributed by atoms with Crippen molar-refractivity contribution in [2.24, 2.45) is 0 Å². The molecule has 1 aromatic heterocycles. The summed E-state index contributed by atoms with van der Waals surface area (Å²) in [6.45, 7) is 2.00. The Morgan fingerprint density at radius 3 is 2.85 bits per heavy atom. The van der Waals surface area contributed by atoms with E-state index in [1.807, 2.05) is 25.1 Å². The van der Waals surface area contributed by atoms with E-state index in [0.29, 0.717) is 0 Å². The maximum absolute atomic E-state index is 5.91. The first-order chi connectivity index (χ1) is 6.16. The van der Waals surface area contributed by atoms with Gasteiger partial charge in [-0.2, -0.15) is 0 Å². The van der Waals surface area contributed by atoms with Gasteiger partial charge in [0.25, 0.3) is 0 Å². The Morgan fingerprint density at radius 2 is 2.15 bits per heavy atom. The molecule has 0 aliphatic rings. The summed E-state index contributed by atoms with van der Waals surface area (Å²) in [6.07, 6.45) is 0. The van der Waals surface area contributed by atoms with Gasteiger partial charge in [-0.05, 0) is 0 Å². The molecule has 1 nitrogen and oxygen atoms in total. The Kier molecular flexibility index (Phi) is 2.97. The standard InChI is InChI=1S/C8H6Cl2INS/c1-5-12-7-4-6(11(9)10)2-3-8(7)13-5/h2-4H,1H3. The number of rotatable bonds is 1. The molecule has 5 heteroatoms. The van der Waals surface area contributed by atoms with E-state index >= 15 is 0 Å². The topological polar surface area (TPSA) is 12.9 Å². The SMILES string of the molecule is Cc1nc2cc(I(Cl)Cl)ccc2s1. The summed E-state index contributed by atoms with van der Waals surface area (Å²) in [5.41, 5.74) is 1.02. The van der Waals surface area contributed by atoms with E-state index in [2.05, 4.69) is 4.98 Å². The van der Waals surface area contributed by atoms with Crippen LogP contribution < -0.4 is 0 Å². The minimum atomic E-state index is -1.88. The van der Waals surface area contributed by atoms with Crippen LogP contribution in [0.2, 0.25) is 0 Å². The summed E-state index contributed by atoms with van der Waals surface area (Å²) < 4.78 is 2.26. The molecule has 1 heterocycles. The number of aromatic nitrogens is 1. The van der Waals surface area contributed by atoms with E-state index < -0.39 is 17.6 Å². The minimum absolute atomic E-state index is 1.02. The van der Waals surface area contributed by atoms with Gasteiger partial charge in [0.15, 0.2) is 0 Å². The molecule has 0 aliphatic heterocycles. The first-order valence-electron chi connectivity index (χ1n) is 3.57. The van der Waals surface area contributed by atoms with Gasteiger partial charge in [0, 0.05) is 0 Å². The van der Waals surface area contributed by atoms with Crippen molar-refractivity contribution in [3.05, 3.63) is 26.8 Å². The van der Waals surface area contributed by atoms with Crippen LogP contribution in [0, 0.1) is 10.5 Å². The fourth-order valence-electron chi connectivity index (χ4n) is 1.10. The number of benzene rings is 1. The summed E-state index contributed by atoms with van der Waals surface area (Å²) in [4.78, 5) is 4.38. The third kappa shape index (κ3) is 2.09. The van der Waals surface area contributed by atoms with Gasteiger partial charge in [0.05, 0.1) is 0 Å². The van der Waals surface area contributed by atoms with Crippen LogP contribution in [0.3, 0.4) is 0 Å². The second-order valence-corrected chi connectivity index (χ2v) is 11.0. The molecule has 0 radical (unpaired) electrons. The number of hydrogen-bond acceptors (Lipinski definition) is 2. The Morgan fingerprint density at radius 1 is 1.38 bits per heavy atom. The van der Waals surface area contributed by atoms with Crippen molar-refractivity contribution < 1.29 is 0 Å². The fourth-order valence-corrected chi connectivity index (χ4v) is 4.09. The van der Waals surface area contributed by atoms with Gasteiger partial charge >= 0.3 is 95.6 Å².